The van der Waals surface area contributed by atoms with Crippen LogP contribution in [0.4, 0.5) is 0 Å². The van der Waals surface area contributed by atoms with Crippen LogP contribution in [0.2, 0.25) is 0 Å². The molecule has 0 aromatic carbocycles. The summed E-state index contributed by atoms with van der Waals surface area (Å²) in [5, 5.41) is 10.2. The van der Waals surface area contributed by atoms with Crippen LogP contribution in [0.3, 0.4) is 0 Å². The van der Waals surface area contributed by atoms with E-state index in [-0.39, 0.29) is 35.4 Å². The first-order valence-corrected chi connectivity index (χ1v) is 12.4. The predicted octanol–water partition coefficient (Wildman–Crippen LogP) is 3.94. The summed E-state index contributed by atoms with van der Waals surface area (Å²) in [6.45, 7) is 9.44. The second-order valence-electron chi connectivity index (χ2n) is 11.9. The van der Waals surface area contributed by atoms with Gasteiger partial charge in [-0.1, -0.05) is 25.5 Å². The molecular weight excluding hydrogens is 408 g/mol. The fourth-order valence-corrected chi connectivity index (χ4v) is 8.52. The highest BCUT2D eigenvalue weighted by Crippen LogP contribution is 2.70. The summed E-state index contributed by atoms with van der Waals surface area (Å²) in [7, 11) is 0. The van der Waals surface area contributed by atoms with Crippen LogP contribution in [0.1, 0.15) is 79.6 Å². The first-order chi connectivity index (χ1) is 14.9. The molecule has 5 rings (SSSR count). The molecule has 1 saturated heterocycles. The van der Waals surface area contributed by atoms with Crippen molar-refractivity contribution < 1.29 is 28.9 Å². The molecule has 5 aliphatic rings. The van der Waals surface area contributed by atoms with Crippen molar-refractivity contribution in [3.63, 3.8) is 0 Å². The van der Waals surface area contributed by atoms with Crippen molar-refractivity contribution in [2.75, 3.05) is 6.61 Å². The van der Waals surface area contributed by atoms with Gasteiger partial charge >= 0.3 is 5.97 Å². The summed E-state index contributed by atoms with van der Waals surface area (Å²) in [5.74, 6) is -0.120. The van der Waals surface area contributed by atoms with Gasteiger partial charge < -0.3 is 19.3 Å². The summed E-state index contributed by atoms with van der Waals surface area (Å²) in [6, 6.07) is 0. The van der Waals surface area contributed by atoms with Crippen molar-refractivity contribution >= 4 is 11.8 Å². The summed E-state index contributed by atoms with van der Waals surface area (Å²) in [6.07, 6.45) is 8.29. The maximum atomic E-state index is 13.7. The van der Waals surface area contributed by atoms with E-state index in [1.807, 2.05) is 13.8 Å². The van der Waals surface area contributed by atoms with Crippen LogP contribution in [0.5, 0.6) is 0 Å². The summed E-state index contributed by atoms with van der Waals surface area (Å²) < 4.78 is 18.1. The number of hydrogen-bond acceptors (Lipinski definition) is 6. The Hall–Kier alpha value is -1.24. The lowest BCUT2D eigenvalue weighted by molar-refractivity contribution is -0.215. The van der Waals surface area contributed by atoms with Gasteiger partial charge in [-0.25, -0.2) is 0 Å². The minimum absolute atomic E-state index is 0.136. The van der Waals surface area contributed by atoms with E-state index >= 15 is 0 Å². The number of carbonyl (C=O) groups is 2. The highest BCUT2D eigenvalue weighted by atomic mass is 16.8. The molecule has 6 nitrogen and oxygen atoms in total. The van der Waals surface area contributed by atoms with Crippen LogP contribution >= 0.6 is 0 Å². The lowest BCUT2D eigenvalue weighted by Gasteiger charge is -2.59. The number of hydrogen-bond donors (Lipinski definition) is 1. The lowest BCUT2D eigenvalue weighted by Crippen LogP contribution is -2.61. The molecular formula is C26H38O6. The number of carbonyl (C=O) groups excluding carboxylic acids is 2. The standard InChI is InChI=1S/C26H38O6/c1-15(27)30-14-21(29)26-22(31-23(2,3)32-26)13-20-18-7-6-16-12-17(28)8-10-24(16,4)19(18)9-11-25(20,26)5/h6,17-20,22,28H,7-14H2,1-5H3/t17-,18+,19-,20-,22-,24-,25-,26-/m0/s1. The summed E-state index contributed by atoms with van der Waals surface area (Å²) in [5.41, 5.74) is 0.139. The molecule has 0 unspecified atom stereocenters. The molecule has 0 amide bonds. The predicted molar refractivity (Wildman–Crippen MR) is 118 cm³/mol. The van der Waals surface area contributed by atoms with Crippen LogP contribution in [0.25, 0.3) is 0 Å². The Labute approximate surface area is 191 Å². The normalized spacial score (nSPS) is 48.7. The highest BCUT2D eigenvalue weighted by molar-refractivity contribution is 5.92. The van der Waals surface area contributed by atoms with Gasteiger partial charge in [-0.3, -0.25) is 9.59 Å². The van der Waals surface area contributed by atoms with E-state index in [2.05, 4.69) is 19.9 Å². The van der Waals surface area contributed by atoms with Gasteiger partial charge in [-0.05, 0) is 82.0 Å². The zero-order chi connectivity index (χ0) is 23.1. The molecule has 1 aliphatic heterocycles. The molecule has 0 bridgehead atoms. The van der Waals surface area contributed by atoms with E-state index in [1.54, 1.807) is 0 Å². The fraction of sp³-hybridized carbons (Fsp3) is 0.846. The number of Topliss-reactive ketones (excluding diaryl/α,β-unsaturated/α-hetero) is 1. The molecule has 178 valence electrons. The average molecular weight is 447 g/mol. The van der Waals surface area contributed by atoms with Crippen molar-refractivity contribution in [3.8, 4) is 0 Å². The molecule has 4 fully saturated rings. The third-order valence-corrected chi connectivity index (χ3v) is 9.89. The zero-order valence-corrected chi connectivity index (χ0v) is 20.1. The van der Waals surface area contributed by atoms with Crippen LogP contribution in [-0.4, -0.2) is 47.1 Å². The zero-order valence-electron chi connectivity index (χ0n) is 20.1. The van der Waals surface area contributed by atoms with E-state index in [1.165, 1.54) is 12.5 Å². The van der Waals surface area contributed by atoms with Gasteiger partial charge in [0.15, 0.2) is 18.0 Å². The smallest absolute Gasteiger partial charge is 0.303 e. The van der Waals surface area contributed by atoms with Crippen LogP contribution in [0.15, 0.2) is 11.6 Å². The molecule has 4 aliphatic carbocycles. The first kappa shape index (κ1) is 22.5. The Balaban J connectivity index is 1.51. The molecule has 0 aromatic rings. The molecule has 3 saturated carbocycles. The second-order valence-corrected chi connectivity index (χ2v) is 11.9. The first-order valence-electron chi connectivity index (χ1n) is 12.4. The number of allylic oxidation sites excluding steroid dienone is 1. The highest BCUT2D eigenvalue weighted by Gasteiger charge is 2.75. The molecule has 0 spiro atoms. The van der Waals surface area contributed by atoms with Gasteiger partial charge in [0.1, 0.15) is 0 Å². The maximum Gasteiger partial charge on any atom is 0.303 e. The average Bonchev–Trinajstić information content (AvgIpc) is 3.12. The lowest BCUT2D eigenvalue weighted by atomic mass is 9.46. The van der Waals surface area contributed by atoms with Gasteiger partial charge in [0.25, 0.3) is 0 Å². The van der Waals surface area contributed by atoms with E-state index in [9.17, 15) is 14.7 Å². The number of aliphatic hydroxyl groups excluding tert-OH is 1. The number of esters is 1. The Morgan fingerprint density at radius 2 is 1.91 bits per heavy atom. The van der Waals surface area contributed by atoms with Crippen molar-refractivity contribution in [1.29, 1.82) is 0 Å². The van der Waals surface area contributed by atoms with Crippen molar-refractivity contribution in [3.05, 3.63) is 11.6 Å². The second kappa shape index (κ2) is 7.13. The van der Waals surface area contributed by atoms with Crippen LogP contribution < -0.4 is 0 Å². The van der Waals surface area contributed by atoms with Crippen molar-refractivity contribution in [2.45, 2.75) is 103 Å². The molecule has 6 heteroatoms. The summed E-state index contributed by atoms with van der Waals surface area (Å²) in [4.78, 5) is 25.1. The molecule has 1 heterocycles. The number of aliphatic hydroxyl groups is 1. The minimum Gasteiger partial charge on any atom is -0.458 e. The third-order valence-electron chi connectivity index (χ3n) is 9.89. The van der Waals surface area contributed by atoms with E-state index in [0.717, 1.165) is 44.9 Å². The van der Waals surface area contributed by atoms with Gasteiger partial charge in [-0.15, -0.1) is 0 Å². The van der Waals surface area contributed by atoms with Crippen molar-refractivity contribution in [1.82, 2.24) is 0 Å². The van der Waals surface area contributed by atoms with Gasteiger partial charge in [0, 0.05) is 12.3 Å². The topological polar surface area (TPSA) is 82.1 Å². The number of ether oxygens (including phenoxy) is 3. The third kappa shape index (κ3) is 2.94. The molecule has 8 atom stereocenters. The maximum absolute atomic E-state index is 13.7. The Morgan fingerprint density at radius 3 is 2.62 bits per heavy atom. The minimum atomic E-state index is -1.07. The number of rotatable bonds is 3. The Kier molecular flexibility index (Phi) is 5.02. The van der Waals surface area contributed by atoms with Gasteiger partial charge in [0.05, 0.1) is 12.2 Å². The number of ketones is 1. The van der Waals surface area contributed by atoms with E-state index in [0.29, 0.717) is 17.8 Å². The Morgan fingerprint density at radius 1 is 1.16 bits per heavy atom. The molecule has 0 radical (unpaired) electrons. The Bertz CT molecular complexity index is 862. The molecule has 1 N–H and O–H groups in total. The van der Waals surface area contributed by atoms with Gasteiger partial charge in [-0.2, -0.15) is 0 Å². The quantitative estimate of drug-likeness (QED) is 0.522. The van der Waals surface area contributed by atoms with Gasteiger partial charge in [0.2, 0.25) is 5.78 Å². The molecule has 0 aromatic heterocycles. The fourth-order valence-electron chi connectivity index (χ4n) is 8.52. The van der Waals surface area contributed by atoms with Crippen LogP contribution in [0, 0.1) is 28.6 Å². The van der Waals surface area contributed by atoms with Crippen molar-refractivity contribution in [2.24, 2.45) is 28.6 Å². The largest absolute Gasteiger partial charge is 0.458 e. The summed E-state index contributed by atoms with van der Waals surface area (Å²) >= 11 is 0. The SMILES string of the molecule is CC(=O)OCC(=O)[C@]12OC(C)(C)O[C@H]1C[C@H]1[C@@H]3CC=C4C[C@@H](O)CC[C@]4(C)[C@H]3CC[C@@]12C. The molecule has 32 heavy (non-hydrogen) atoms. The van der Waals surface area contributed by atoms with Crippen LogP contribution in [-0.2, 0) is 23.8 Å². The van der Waals surface area contributed by atoms with E-state index in [4.69, 9.17) is 14.2 Å². The monoisotopic (exact) mass is 446 g/mol. The number of fused-ring (bicyclic) bond motifs is 7. The van der Waals surface area contributed by atoms with E-state index < -0.39 is 17.4 Å².